The van der Waals surface area contributed by atoms with Gasteiger partial charge in [-0.25, -0.2) is 4.98 Å². The number of H-pyrrole nitrogens is 1. The monoisotopic (exact) mass is 213 g/mol. The number of nitrogens with one attached hydrogen (secondary N) is 1. The standard InChI is InChI=1S/C14H16N2/c1-9-6-7-13-11(8-9)14(15)10-4-2-3-5-12(10)16-13/h2-5,9H,6-8H2,1H3,(H2,15,16)/p+1/t9-/m0/s1. The molecule has 0 amide bonds. The van der Waals surface area contributed by atoms with Crippen molar-refractivity contribution >= 4 is 16.6 Å². The van der Waals surface area contributed by atoms with Crippen molar-refractivity contribution in [2.45, 2.75) is 26.2 Å². The van der Waals surface area contributed by atoms with Crippen LogP contribution in [0.2, 0.25) is 0 Å². The Morgan fingerprint density at radius 1 is 1.31 bits per heavy atom. The Morgan fingerprint density at radius 3 is 3.00 bits per heavy atom. The van der Waals surface area contributed by atoms with Gasteiger partial charge in [0.05, 0.1) is 11.1 Å². The number of pyridine rings is 1. The summed E-state index contributed by atoms with van der Waals surface area (Å²) in [5.74, 6) is 0.754. The number of nitrogens with two attached hydrogens (primary N) is 1. The molecule has 2 heteroatoms. The number of para-hydroxylation sites is 1. The van der Waals surface area contributed by atoms with E-state index in [1.165, 1.54) is 17.7 Å². The lowest BCUT2D eigenvalue weighted by Gasteiger charge is -2.19. The summed E-state index contributed by atoms with van der Waals surface area (Å²) >= 11 is 0. The van der Waals surface area contributed by atoms with Gasteiger partial charge in [0, 0.05) is 18.1 Å². The number of aromatic amines is 1. The van der Waals surface area contributed by atoms with E-state index >= 15 is 0 Å². The second-order valence-electron chi connectivity index (χ2n) is 4.89. The van der Waals surface area contributed by atoms with Crippen molar-refractivity contribution in [2.24, 2.45) is 5.92 Å². The third-order valence-electron chi connectivity index (χ3n) is 3.63. The van der Waals surface area contributed by atoms with Crippen LogP contribution in [-0.4, -0.2) is 0 Å². The van der Waals surface area contributed by atoms with Gasteiger partial charge in [0.25, 0.3) is 0 Å². The number of aromatic nitrogens is 1. The molecule has 0 unspecified atom stereocenters. The second-order valence-corrected chi connectivity index (χ2v) is 4.89. The molecule has 1 atom stereocenters. The molecule has 0 fully saturated rings. The van der Waals surface area contributed by atoms with Gasteiger partial charge in [0.2, 0.25) is 5.52 Å². The fraction of sp³-hybridized carbons (Fsp3) is 0.357. The number of hydrogen-bond acceptors (Lipinski definition) is 1. The van der Waals surface area contributed by atoms with Crippen molar-refractivity contribution in [3.05, 3.63) is 35.5 Å². The van der Waals surface area contributed by atoms with E-state index in [0.717, 1.165) is 35.3 Å². The van der Waals surface area contributed by atoms with Crippen molar-refractivity contribution in [2.75, 3.05) is 5.73 Å². The molecule has 0 aliphatic heterocycles. The van der Waals surface area contributed by atoms with E-state index in [9.17, 15) is 0 Å². The summed E-state index contributed by atoms with van der Waals surface area (Å²) in [5, 5.41) is 1.16. The summed E-state index contributed by atoms with van der Waals surface area (Å²) in [6, 6.07) is 8.30. The van der Waals surface area contributed by atoms with Gasteiger partial charge in [0.1, 0.15) is 0 Å². The summed E-state index contributed by atoms with van der Waals surface area (Å²) in [5.41, 5.74) is 11.1. The Labute approximate surface area is 95.5 Å². The zero-order chi connectivity index (χ0) is 11.1. The van der Waals surface area contributed by atoms with Gasteiger partial charge in [-0.3, -0.25) is 0 Å². The van der Waals surface area contributed by atoms with Crippen molar-refractivity contribution in [1.82, 2.24) is 0 Å². The molecule has 3 N–H and O–H groups in total. The lowest BCUT2D eigenvalue weighted by molar-refractivity contribution is -0.359. The van der Waals surface area contributed by atoms with E-state index < -0.39 is 0 Å². The van der Waals surface area contributed by atoms with E-state index in [1.54, 1.807) is 0 Å². The topological polar surface area (TPSA) is 40.2 Å². The molecule has 2 nitrogen and oxygen atoms in total. The summed E-state index contributed by atoms with van der Waals surface area (Å²) < 4.78 is 0. The minimum atomic E-state index is 0.754. The maximum atomic E-state index is 6.28. The SMILES string of the molecule is C[C@H]1CCc2[nH+]c3ccccc3c(N)c2C1. The van der Waals surface area contributed by atoms with Crippen molar-refractivity contribution in [3.63, 3.8) is 0 Å². The van der Waals surface area contributed by atoms with Crippen molar-refractivity contribution < 1.29 is 4.98 Å². The van der Waals surface area contributed by atoms with Crippen LogP contribution in [0.25, 0.3) is 10.9 Å². The molecule has 1 heterocycles. The van der Waals surface area contributed by atoms with Crippen LogP contribution < -0.4 is 10.7 Å². The van der Waals surface area contributed by atoms with Gasteiger partial charge < -0.3 is 5.73 Å². The molecule has 1 aromatic heterocycles. The highest BCUT2D eigenvalue weighted by Gasteiger charge is 2.24. The first-order valence-corrected chi connectivity index (χ1v) is 5.97. The molecule has 16 heavy (non-hydrogen) atoms. The van der Waals surface area contributed by atoms with Crippen LogP contribution in [0.1, 0.15) is 24.6 Å². The van der Waals surface area contributed by atoms with E-state index in [1.807, 2.05) is 6.07 Å². The number of nitrogen functional groups attached to an aromatic ring is 1. The van der Waals surface area contributed by atoms with Gasteiger partial charge in [-0.05, 0) is 24.8 Å². The van der Waals surface area contributed by atoms with Gasteiger partial charge in [-0.2, -0.15) is 0 Å². The quantitative estimate of drug-likeness (QED) is 0.717. The molecule has 0 bridgehead atoms. The second kappa shape index (κ2) is 3.48. The minimum absolute atomic E-state index is 0.754. The Bertz CT molecular complexity index is 546. The predicted octanol–water partition coefficient (Wildman–Crippen LogP) is 2.36. The molecule has 82 valence electrons. The summed E-state index contributed by atoms with van der Waals surface area (Å²) in [6.07, 6.45) is 3.51. The summed E-state index contributed by atoms with van der Waals surface area (Å²) in [4.78, 5) is 3.53. The Kier molecular flexibility index (Phi) is 2.10. The fourth-order valence-electron chi connectivity index (χ4n) is 2.68. The van der Waals surface area contributed by atoms with Gasteiger partial charge >= 0.3 is 0 Å². The largest absolute Gasteiger partial charge is 0.398 e. The Morgan fingerprint density at radius 2 is 2.12 bits per heavy atom. The maximum Gasteiger partial charge on any atom is 0.213 e. The first-order valence-electron chi connectivity index (χ1n) is 5.97. The number of anilines is 1. The smallest absolute Gasteiger partial charge is 0.213 e. The third kappa shape index (κ3) is 1.37. The highest BCUT2D eigenvalue weighted by molar-refractivity contribution is 5.89. The zero-order valence-corrected chi connectivity index (χ0v) is 9.59. The number of aryl methyl sites for hydroxylation is 1. The van der Waals surface area contributed by atoms with Crippen LogP contribution in [0.3, 0.4) is 0 Å². The number of fused-ring (bicyclic) bond motifs is 2. The molecule has 1 aliphatic carbocycles. The van der Waals surface area contributed by atoms with Crippen LogP contribution in [-0.2, 0) is 12.8 Å². The average molecular weight is 213 g/mol. The molecule has 0 saturated heterocycles. The average Bonchev–Trinajstić information content (AvgIpc) is 2.31. The van der Waals surface area contributed by atoms with Gasteiger partial charge in [0.15, 0.2) is 5.69 Å². The fourth-order valence-corrected chi connectivity index (χ4v) is 2.68. The van der Waals surface area contributed by atoms with Crippen molar-refractivity contribution in [3.8, 4) is 0 Å². The summed E-state index contributed by atoms with van der Waals surface area (Å²) in [7, 11) is 0. The van der Waals surface area contributed by atoms with Gasteiger partial charge in [-0.1, -0.05) is 19.1 Å². The number of benzene rings is 1. The maximum absolute atomic E-state index is 6.28. The first kappa shape index (κ1) is 9.64. The van der Waals surface area contributed by atoms with Crippen LogP contribution >= 0.6 is 0 Å². The van der Waals surface area contributed by atoms with Crippen LogP contribution in [0.4, 0.5) is 5.69 Å². The van der Waals surface area contributed by atoms with Crippen LogP contribution in [0.15, 0.2) is 24.3 Å². The number of rotatable bonds is 0. The predicted molar refractivity (Wildman–Crippen MR) is 66.1 cm³/mol. The van der Waals surface area contributed by atoms with E-state index in [-0.39, 0.29) is 0 Å². The third-order valence-corrected chi connectivity index (χ3v) is 3.63. The molecule has 1 aromatic carbocycles. The highest BCUT2D eigenvalue weighted by atomic mass is 14.7. The molecule has 1 aliphatic rings. The molecule has 3 rings (SSSR count). The highest BCUT2D eigenvalue weighted by Crippen LogP contribution is 2.30. The van der Waals surface area contributed by atoms with Gasteiger partial charge in [-0.15, -0.1) is 0 Å². The molecule has 0 saturated carbocycles. The molecular formula is C14H17N2+. The molecule has 0 spiro atoms. The lowest BCUT2D eigenvalue weighted by atomic mass is 9.86. The minimum Gasteiger partial charge on any atom is -0.398 e. The summed E-state index contributed by atoms with van der Waals surface area (Å²) in [6.45, 7) is 2.30. The number of hydrogen-bond donors (Lipinski definition) is 1. The molecular weight excluding hydrogens is 196 g/mol. The lowest BCUT2D eigenvalue weighted by Crippen LogP contribution is -2.24. The van der Waals surface area contributed by atoms with Crippen LogP contribution in [0, 0.1) is 5.92 Å². The first-order chi connectivity index (χ1) is 7.75. The van der Waals surface area contributed by atoms with E-state index in [0.29, 0.717) is 0 Å². The molecule has 0 radical (unpaired) electrons. The Balaban J connectivity index is 2.29. The van der Waals surface area contributed by atoms with Crippen molar-refractivity contribution in [1.29, 1.82) is 0 Å². The molecule has 2 aromatic rings. The zero-order valence-electron chi connectivity index (χ0n) is 9.59. The van der Waals surface area contributed by atoms with Crippen LogP contribution in [0.5, 0.6) is 0 Å². The Hall–Kier alpha value is -1.57. The van der Waals surface area contributed by atoms with E-state index in [2.05, 4.69) is 30.1 Å². The van der Waals surface area contributed by atoms with E-state index in [4.69, 9.17) is 5.73 Å². The normalized spacial score (nSPS) is 19.7.